The molecule has 2 heterocycles. The van der Waals surface area contributed by atoms with Crippen molar-refractivity contribution in [2.75, 3.05) is 26.2 Å². The molecule has 0 bridgehead atoms. The van der Waals surface area contributed by atoms with E-state index in [0.29, 0.717) is 45.3 Å². The van der Waals surface area contributed by atoms with E-state index in [4.69, 9.17) is 53.3 Å². The van der Waals surface area contributed by atoms with Gasteiger partial charge in [-0.1, -0.05) is 0 Å². The fourth-order valence-electron chi connectivity index (χ4n) is 6.75. The number of nitrogens with zero attached hydrogens (tertiary/aromatic N) is 1. The lowest BCUT2D eigenvalue weighted by Gasteiger charge is -2.48. The van der Waals surface area contributed by atoms with Crippen molar-refractivity contribution in [2.45, 2.75) is 136 Å². The molecule has 2 saturated heterocycles. The largest absolute Gasteiger partial charge is 0.394 e. The van der Waals surface area contributed by atoms with Gasteiger partial charge in [0.2, 0.25) is 0 Å². The summed E-state index contributed by atoms with van der Waals surface area (Å²) >= 11 is 0. The summed E-state index contributed by atoms with van der Waals surface area (Å²) < 4.78 is 24.0. The molecular formula is C29H56N8O11. The molecule has 2 aliphatic carbocycles. The third-order valence-corrected chi connectivity index (χ3v) is 9.78. The molecule has 48 heavy (non-hydrogen) atoms. The lowest BCUT2D eigenvalue weighted by atomic mass is 9.76. The van der Waals surface area contributed by atoms with E-state index in [0.717, 1.165) is 0 Å². The molecule has 4 aliphatic rings. The van der Waals surface area contributed by atoms with Crippen LogP contribution in [0.5, 0.6) is 0 Å². The van der Waals surface area contributed by atoms with E-state index in [1.54, 1.807) is 0 Å². The SMILES string of the molecule is NCCCC(O)CNC[C@@H]1CC[C@@H](N)[C@@H](OC2[C@@H](N)C[C@@H](CC(=O)C3(O)CC3N=C(N)N)[C@H](O[C@H]3O[C@H](CO)[C@@H](O)[C@H](N)[C@H]3O)[C@H]2O)O1. The van der Waals surface area contributed by atoms with E-state index in [1.165, 1.54) is 0 Å². The number of nitrogens with two attached hydrogens (primary N) is 6. The van der Waals surface area contributed by atoms with Gasteiger partial charge < -0.3 is 89.3 Å². The zero-order chi connectivity index (χ0) is 35.3. The Hall–Kier alpha value is -1.66. The minimum Gasteiger partial charge on any atom is -0.394 e. The van der Waals surface area contributed by atoms with Crippen LogP contribution in [0.25, 0.3) is 0 Å². The normalized spacial score (nSPS) is 43.8. The number of nitrogens with one attached hydrogen (secondary N) is 1. The molecule has 0 amide bonds. The van der Waals surface area contributed by atoms with Gasteiger partial charge in [-0.15, -0.1) is 0 Å². The van der Waals surface area contributed by atoms with E-state index in [-0.39, 0.29) is 31.3 Å². The molecule has 0 aromatic heterocycles. The smallest absolute Gasteiger partial charge is 0.186 e. The van der Waals surface area contributed by atoms with Crippen LogP contribution in [0.15, 0.2) is 4.99 Å². The molecule has 19 N–H and O–H groups in total. The molecule has 0 aromatic carbocycles. The number of ether oxygens (including phenoxy) is 4. The van der Waals surface area contributed by atoms with Gasteiger partial charge >= 0.3 is 0 Å². The highest BCUT2D eigenvalue weighted by molar-refractivity contribution is 5.92. The Kier molecular flexibility index (Phi) is 13.9. The Balaban J connectivity index is 1.47. The highest BCUT2D eigenvalue weighted by Crippen LogP contribution is 2.43. The molecule has 2 saturated carbocycles. The molecule has 278 valence electrons. The highest BCUT2D eigenvalue weighted by Gasteiger charge is 2.60. The Morgan fingerprint density at radius 2 is 1.71 bits per heavy atom. The molecule has 4 unspecified atom stereocenters. The van der Waals surface area contributed by atoms with Crippen molar-refractivity contribution in [1.29, 1.82) is 0 Å². The van der Waals surface area contributed by atoms with Crippen molar-refractivity contribution in [3.8, 4) is 0 Å². The number of Topliss-reactive ketones (excluding diaryl/α,β-unsaturated/α-hetero) is 1. The first-order chi connectivity index (χ1) is 22.7. The van der Waals surface area contributed by atoms with Gasteiger partial charge in [-0.3, -0.25) is 4.79 Å². The number of guanidine groups is 1. The maximum atomic E-state index is 13.3. The first-order valence-corrected chi connectivity index (χ1v) is 16.7. The van der Waals surface area contributed by atoms with E-state index >= 15 is 0 Å². The molecule has 2 aliphatic heterocycles. The summed E-state index contributed by atoms with van der Waals surface area (Å²) in [5.74, 6) is -1.69. The topological polar surface area (TPSA) is 356 Å². The Morgan fingerprint density at radius 1 is 1.00 bits per heavy atom. The zero-order valence-electron chi connectivity index (χ0n) is 27.1. The van der Waals surface area contributed by atoms with Crippen LogP contribution < -0.4 is 39.7 Å². The monoisotopic (exact) mass is 692 g/mol. The predicted molar refractivity (Wildman–Crippen MR) is 169 cm³/mol. The van der Waals surface area contributed by atoms with E-state index in [1.807, 2.05) is 0 Å². The third-order valence-electron chi connectivity index (χ3n) is 9.78. The average molecular weight is 693 g/mol. The van der Waals surface area contributed by atoms with Gasteiger partial charge in [-0.05, 0) is 44.6 Å². The van der Waals surface area contributed by atoms with E-state index < -0.39 is 103 Å². The van der Waals surface area contributed by atoms with Crippen LogP contribution in [0.3, 0.4) is 0 Å². The lowest BCUT2D eigenvalue weighted by Crippen LogP contribution is -2.66. The van der Waals surface area contributed by atoms with Crippen molar-refractivity contribution in [1.82, 2.24) is 5.32 Å². The molecule has 0 aromatic rings. The van der Waals surface area contributed by atoms with Crippen LogP contribution in [0.2, 0.25) is 0 Å². The maximum Gasteiger partial charge on any atom is 0.186 e. The number of aliphatic hydroxyl groups is 6. The second-order valence-corrected chi connectivity index (χ2v) is 13.6. The molecule has 4 rings (SSSR count). The highest BCUT2D eigenvalue weighted by atomic mass is 16.7. The number of carbonyl (C=O) groups is 1. The quantitative estimate of drug-likeness (QED) is 0.0528. The van der Waals surface area contributed by atoms with Crippen molar-refractivity contribution >= 4 is 11.7 Å². The maximum absolute atomic E-state index is 13.3. The Morgan fingerprint density at radius 3 is 2.38 bits per heavy atom. The molecule has 0 spiro atoms. The summed E-state index contributed by atoms with van der Waals surface area (Å²) in [4.78, 5) is 17.2. The lowest BCUT2D eigenvalue weighted by molar-refractivity contribution is -0.318. The minimum atomic E-state index is -1.81. The van der Waals surface area contributed by atoms with Crippen molar-refractivity contribution < 1.29 is 54.4 Å². The van der Waals surface area contributed by atoms with Gasteiger partial charge in [0.15, 0.2) is 24.3 Å². The summed E-state index contributed by atoms with van der Waals surface area (Å²) in [7, 11) is 0. The number of ketones is 1. The van der Waals surface area contributed by atoms with Gasteiger partial charge in [0.05, 0.1) is 43.0 Å². The number of rotatable bonds is 16. The van der Waals surface area contributed by atoms with Crippen LogP contribution in [-0.2, 0) is 23.7 Å². The van der Waals surface area contributed by atoms with Crippen LogP contribution in [0.1, 0.15) is 44.9 Å². The minimum absolute atomic E-state index is 0.0112. The molecule has 19 heteroatoms. The average Bonchev–Trinajstić information content (AvgIpc) is 3.70. The van der Waals surface area contributed by atoms with E-state index in [9.17, 15) is 35.4 Å². The van der Waals surface area contributed by atoms with Crippen molar-refractivity contribution in [2.24, 2.45) is 45.3 Å². The van der Waals surface area contributed by atoms with E-state index in [2.05, 4.69) is 10.3 Å². The molecular weight excluding hydrogens is 636 g/mol. The van der Waals surface area contributed by atoms with Crippen LogP contribution in [-0.4, -0.2) is 160 Å². The standard InChI is InChI=1S/C29H56N8O11/c30-5-1-2-13(39)9-36-10-14-3-4-15(31)26(45-14)48-25-16(32)6-12(7-19(40)29(44)8-18(29)37-28(34)35)24(23(25)43)47-27-22(42)20(33)21(41)17(11-38)46-27/h12-18,20-27,36,38-39,41-44H,1-11,30-33H2,(H4,34,35,37)/t12-,13?,14-,15+,16-,17+,18?,20-,21+,22+,23+,24-,25?,26+,27+,29?/m0/s1. The predicted octanol–water partition coefficient (Wildman–Crippen LogP) is -6.51. The Bertz CT molecular complexity index is 1080. The molecule has 4 fully saturated rings. The number of aliphatic hydroxyl groups excluding tert-OH is 5. The fraction of sp³-hybridized carbons (Fsp3) is 0.931. The zero-order valence-corrected chi connectivity index (χ0v) is 27.1. The van der Waals surface area contributed by atoms with Gasteiger partial charge in [-0.25, -0.2) is 4.99 Å². The van der Waals surface area contributed by atoms with Crippen LogP contribution in [0, 0.1) is 5.92 Å². The summed E-state index contributed by atoms with van der Waals surface area (Å²) in [5.41, 5.74) is 33.4. The van der Waals surface area contributed by atoms with Crippen molar-refractivity contribution in [3.05, 3.63) is 0 Å². The van der Waals surface area contributed by atoms with Crippen LogP contribution >= 0.6 is 0 Å². The second-order valence-electron chi connectivity index (χ2n) is 13.6. The summed E-state index contributed by atoms with van der Waals surface area (Å²) in [5, 5.41) is 66.7. The molecule has 0 radical (unpaired) electrons. The second kappa shape index (κ2) is 17.0. The first-order valence-electron chi connectivity index (χ1n) is 16.7. The number of carbonyl (C=O) groups excluding carboxylic acids is 1. The van der Waals surface area contributed by atoms with Crippen LogP contribution in [0.4, 0.5) is 0 Å². The number of aliphatic imine (C=N–C) groups is 1. The number of hydrogen-bond donors (Lipinski definition) is 13. The van der Waals surface area contributed by atoms with Gasteiger partial charge in [0, 0.05) is 32.0 Å². The number of hydrogen-bond acceptors (Lipinski definition) is 17. The Labute approximate surface area is 279 Å². The molecule has 16 atom stereocenters. The molecule has 19 nitrogen and oxygen atoms in total. The summed E-state index contributed by atoms with van der Waals surface area (Å²) in [6.07, 6.45) is -9.20. The van der Waals surface area contributed by atoms with Crippen molar-refractivity contribution in [3.63, 3.8) is 0 Å². The first kappa shape index (κ1) is 39.1. The summed E-state index contributed by atoms with van der Waals surface area (Å²) in [6, 6.07) is -3.48. The fourth-order valence-corrected chi connectivity index (χ4v) is 6.75. The summed E-state index contributed by atoms with van der Waals surface area (Å²) in [6.45, 7) is 0.637. The van der Waals surface area contributed by atoms with Gasteiger partial charge in [0.1, 0.15) is 36.1 Å². The third kappa shape index (κ3) is 9.36. The van der Waals surface area contributed by atoms with Gasteiger partial charge in [0.25, 0.3) is 0 Å². The van der Waals surface area contributed by atoms with Gasteiger partial charge in [-0.2, -0.15) is 0 Å².